The van der Waals surface area contributed by atoms with E-state index in [-0.39, 0.29) is 16.4 Å². The number of aromatic amines is 1. The Hall–Kier alpha value is -2.28. The second kappa shape index (κ2) is 4.71. The van der Waals surface area contributed by atoms with Crippen LogP contribution in [-0.2, 0) is 0 Å². The van der Waals surface area contributed by atoms with E-state index in [1.807, 2.05) is 30.3 Å². The molecule has 0 aliphatic carbocycles. The minimum Gasteiger partial charge on any atom is -0.383 e. The van der Waals surface area contributed by atoms with Crippen molar-refractivity contribution >= 4 is 35.4 Å². The number of benzene rings is 1. The molecule has 0 fully saturated rings. The molecule has 0 spiro atoms. The van der Waals surface area contributed by atoms with Gasteiger partial charge >= 0.3 is 0 Å². The van der Waals surface area contributed by atoms with E-state index in [1.54, 1.807) is 0 Å². The molecule has 0 saturated carbocycles. The smallest absolute Gasteiger partial charge is 0.200 e. The Balaban J connectivity index is 2.37. The third-order valence-corrected chi connectivity index (χ3v) is 2.25. The molecular formula is C10H10N6S. The van der Waals surface area contributed by atoms with Crippen LogP contribution < -0.4 is 11.5 Å². The van der Waals surface area contributed by atoms with E-state index in [1.165, 1.54) is 0 Å². The molecule has 1 aromatic carbocycles. The van der Waals surface area contributed by atoms with Gasteiger partial charge in [-0.1, -0.05) is 30.4 Å². The van der Waals surface area contributed by atoms with Gasteiger partial charge in [-0.05, 0) is 12.1 Å². The molecule has 1 heterocycles. The molecule has 6 nitrogen and oxygen atoms in total. The summed E-state index contributed by atoms with van der Waals surface area (Å²) < 4.78 is 0.221. The zero-order chi connectivity index (χ0) is 12.3. The first-order chi connectivity index (χ1) is 8.16. The van der Waals surface area contributed by atoms with Crippen LogP contribution in [0.2, 0.25) is 0 Å². The highest BCUT2D eigenvalue weighted by atomic mass is 32.1. The van der Waals surface area contributed by atoms with Crippen molar-refractivity contribution in [3.05, 3.63) is 35.0 Å². The summed E-state index contributed by atoms with van der Waals surface area (Å²) in [5, 5.41) is 7.97. The maximum atomic E-state index is 5.69. The lowest BCUT2D eigenvalue weighted by Crippen LogP contribution is -1.99. The Kier molecular flexibility index (Phi) is 3.10. The maximum Gasteiger partial charge on any atom is 0.200 e. The van der Waals surface area contributed by atoms with Crippen LogP contribution in [0.15, 0.2) is 40.6 Å². The topological polar surface area (TPSA) is 105 Å². The predicted octanol–water partition coefficient (Wildman–Crippen LogP) is 2.72. The third kappa shape index (κ3) is 2.64. The van der Waals surface area contributed by atoms with Crippen molar-refractivity contribution < 1.29 is 0 Å². The fourth-order valence-corrected chi connectivity index (χ4v) is 1.45. The average Bonchev–Trinajstić information content (AvgIpc) is 2.29. The maximum absolute atomic E-state index is 5.69. The Morgan fingerprint density at radius 2 is 1.82 bits per heavy atom. The van der Waals surface area contributed by atoms with Gasteiger partial charge in [0.2, 0.25) is 0 Å². The van der Waals surface area contributed by atoms with E-state index in [4.69, 9.17) is 23.7 Å². The van der Waals surface area contributed by atoms with Gasteiger partial charge in [-0.2, -0.15) is 5.11 Å². The standard InChI is InChI=1S/C10H10N6S/c11-8-7(9(17)14-10(12)13-8)16-15-6-4-2-1-3-5-6/h1-5H,(H5,11,12,13,14,17). The summed E-state index contributed by atoms with van der Waals surface area (Å²) in [7, 11) is 0. The van der Waals surface area contributed by atoms with E-state index < -0.39 is 0 Å². The van der Waals surface area contributed by atoms with Gasteiger partial charge in [0.05, 0.1) is 5.69 Å². The van der Waals surface area contributed by atoms with Crippen LogP contribution in [0.1, 0.15) is 0 Å². The van der Waals surface area contributed by atoms with Crippen molar-refractivity contribution in [3.8, 4) is 0 Å². The second-order valence-electron chi connectivity index (χ2n) is 3.23. The lowest BCUT2D eigenvalue weighted by Gasteiger charge is -2.00. The zero-order valence-corrected chi connectivity index (χ0v) is 9.61. The van der Waals surface area contributed by atoms with E-state index in [0.717, 1.165) is 0 Å². The zero-order valence-electron chi connectivity index (χ0n) is 8.79. The van der Waals surface area contributed by atoms with Gasteiger partial charge in [0.15, 0.2) is 16.3 Å². The highest BCUT2D eigenvalue weighted by Crippen LogP contribution is 2.23. The number of nitrogen functional groups attached to an aromatic ring is 2. The van der Waals surface area contributed by atoms with Crippen LogP contribution in [0.25, 0.3) is 0 Å². The van der Waals surface area contributed by atoms with Crippen LogP contribution >= 0.6 is 12.2 Å². The summed E-state index contributed by atoms with van der Waals surface area (Å²) in [5.41, 5.74) is 12.2. The number of hydrogen-bond acceptors (Lipinski definition) is 6. The summed E-state index contributed by atoms with van der Waals surface area (Å²) in [6.07, 6.45) is 0. The van der Waals surface area contributed by atoms with E-state index >= 15 is 0 Å². The molecule has 7 heteroatoms. The molecule has 86 valence electrons. The lowest BCUT2D eigenvalue weighted by atomic mass is 10.3. The molecule has 0 aliphatic heterocycles. The van der Waals surface area contributed by atoms with Gasteiger partial charge in [-0.15, -0.1) is 5.11 Å². The highest BCUT2D eigenvalue weighted by molar-refractivity contribution is 7.71. The number of rotatable bonds is 2. The summed E-state index contributed by atoms with van der Waals surface area (Å²) in [5.74, 6) is 0.411. The average molecular weight is 246 g/mol. The Labute approximate surface area is 102 Å². The van der Waals surface area contributed by atoms with Crippen molar-refractivity contribution in [3.63, 3.8) is 0 Å². The monoisotopic (exact) mass is 246 g/mol. The molecule has 0 saturated heterocycles. The number of aromatic nitrogens is 2. The molecular weight excluding hydrogens is 236 g/mol. The Morgan fingerprint density at radius 3 is 2.47 bits per heavy atom. The summed E-state index contributed by atoms with van der Waals surface area (Å²) in [4.78, 5) is 6.49. The predicted molar refractivity (Wildman–Crippen MR) is 68.9 cm³/mol. The van der Waals surface area contributed by atoms with Gasteiger partial charge in [0.1, 0.15) is 5.82 Å². The van der Waals surface area contributed by atoms with Crippen LogP contribution in [0.5, 0.6) is 0 Å². The van der Waals surface area contributed by atoms with E-state index in [0.29, 0.717) is 11.4 Å². The van der Waals surface area contributed by atoms with Crippen molar-refractivity contribution in [2.75, 3.05) is 11.5 Å². The molecule has 5 N–H and O–H groups in total. The molecule has 2 rings (SSSR count). The number of hydrogen-bond donors (Lipinski definition) is 3. The summed E-state index contributed by atoms with van der Waals surface area (Å²) in [6.45, 7) is 0. The fraction of sp³-hybridized carbons (Fsp3) is 0. The largest absolute Gasteiger partial charge is 0.383 e. The van der Waals surface area contributed by atoms with Gasteiger partial charge in [0, 0.05) is 0 Å². The molecule has 0 atom stereocenters. The lowest BCUT2D eigenvalue weighted by molar-refractivity contribution is 1.13. The number of azo groups is 1. The number of nitrogens with two attached hydrogens (primary N) is 2. The fourth-order valence-electron chi connectivity index (χ4n) is 1.20. The molecule has 2 aromatic rings. The van der Waals surface area contributed by atoms with Crippen LogP contribution in [-0.4, -0.2) is 9.97 Å². The second-order valence-corrected chi connectivity index (χ2v) is 3.61. The first-order valence-corrected chi connectivity index (χ1v) is 5.19. The highest BCUT2D eigenvalue weighted by Gasteiger charge is 2.03. The number of H-pyrrole nitrogens is 1. The van der Waals surface area contributed by atoms with Crippen molar-refractivity contribution in [2.45, 2.75) is 0 Å². The Morgan fingerprint density at radius 1 is 1.12 bits per heavy atom. The van der Waals surface area contributed by atoms with Gasteiger partial charge in [-0.25, -0.2) is 4.98 Å². The normalized spacial score (nSPS) is 10.8. The number of anilines is 2. The van der Waals surface area contributed by atoms with Gasteiger partial charge < -0.3 is 16.5 Å². The first kappa shape index (κ1) is 11.2. The summed E-state index contributed by atoms with van der Waals surface area (Å²) >= 11 is 5.00. The van der Waals surface area contributed by atoms with Crippen LogP contribution in [0.4, 0.5) is 23.1 Å². The molecule has 0 amide bonds. The van der Waals surface area contributed by atoms with Gasteiger partial charge in [0.25, 0.3) is 0 Å². The number of nitrogens with one attached hydrogen (secondary N) is 1. The quantitative estimate of drug-likeness (QED) is 0.559. The molecule has 0 aliphatic rings. The number of nitrogens with zero attached hydrogens (tertiary/aromatic N) is 3. The Bertz CT molecular complexity index is 604. The molecule has 0 bridgehead atoms. The summed E-state index contributed by atoms with van der Waals surface area (Å²) in [6, 6.07) is 9.25. The van der Waals surface area contributed by atoms with E-state index in [9.17, 15) is 0 Å². The first-order valence-electron chi connectivity index (χ1n) is 4.79. The molecule has 1 aromatic heterocycles. The SMILES string of the molecule is Nc1nc(=S)c(N=Nc2ccccc2)c(N)[nH]1. The van der Waals surface area contributed by atoms with Crippen LogP contribution in [0.3, 0.4) is 0 Å². The third-order valence-electron chi connectivity index (χ3n) is 1.96. The van der Waals surface area contributed by atoms with Gasteiger partial charge in [-0.3, -0.25) is 0 Å². The van der Waals surface area contributed by atoms with Crippen LogP contribution in [0, 0.1) is 4.64 Å². The van der Waals surface area contributed by atoms with E-state index in [2.05, 4.69) is 20.2 Å². The minimum absolute atomic E-state index is 0.158. The minimum atomic E-state index is 0.158. The van der Waals surface area contributed by atoms with Crippen molar-refractivity contribution in [1.29, 1.82) is 0 Å². The molecule has 0 radical (unpaired) electrons. The molecule has 17 heavy (non-hydrogen) atoms. The molecule has 0 unspecified atom stereocenters. The van der Waals surface area contributed by atoms with Crippen molar-refractivity contribution in [1.82, 2.24) is 9.97 Å². The van der Waals surface area contributed by atoms with Crippen molar-refractivity contribution in [2.24, 2.45) is 10.2 Å².